The second kappa shape index (κ2) is 13.2. The zero-order chi connectivity index (χ0) is 25.9. The van der Waals surface area contributed by atoms with Crippen molar-refractivity contribution in [3.8, 4) is 18.1 Å². The lowest BCUT2D eigenvalue weighted by Gasteiger charge is -2.06. The van der Waals surface area contributed by atoms with Crippen LogP contribution < -0.4 is 10.2 Å². The molecule has 0 aliphatic carbocycles. The fourth-order valence-electron chi connectivity index (χ4n) is 4.29. The van der Waals surface area contributed by atoms with Gasteiger partial charge in [0, 0.05) is 22.7 Å². The van der Waals surface area contributed by atoms with E-state index < -0.39 is 0 Å². The van der Waals surface area contributed by atoms with Crippen LogP contribution in [0, 0.1) is 19.3 Å². The van der Waals surface area contributed by atoms with Crippen LogP contribution in [0.3, 0.4) is 0 Å². The first-order valence-corrected chi connectivity index (χ1v) is 12.5. The number of unbranched alkanes of at least 4 members (excludes halogenated alkanes) is 1. The Balaban J connectivity index is 1.16. The lowest BCUT2D eigenvalue weighted by molar-refractivity contribution is -0.129. The van der Waals surface area contributed by atoms with Crippen LogP contribution in [0.5, 0.6) is 5.75 Å². The summed E-state index contributed by atoms with van der Waals surface area (Å²) in [6.45, 7) is 2.64. The van der Waals surface area contributed by atoms with Crippen molar-refractivity contribution in [2.24, 2.45) is 0 Å². The first-order valence-electron chi connectivity index (χ1n) is 12.5. The summed E-state index contributed by atoms with van der Waals surface area (Å²) < 4.78 is 5.33. The summed E-state index contributed by atoms with van der Waals surface area (Å²) in [7, 11) is 0. The van der Waals surface area contributed by atoms with Gasteiger partial charge in [-0.3, -0.25) is 9.63 Å². The standard InChI is InChI=1S/C32H32N2O3/c1-3-22-36-28-19-16-27(17-20-28)23-37-34-32(35)21-18-26-14-12-25(13-15-26)8-4-5-9-29-24(2)33-31-11-7-6-10-30(29)31/h1,6-7,10-21,33H,4-5,8-9,22-23H2,2H3,(H,34,35)/b21-18+. The minimum Gasteiger partial charge on any atom is -0.481 e. The van der Waals surface area contributed by atoms with Gasteiger partial charge in [0.25, 0.3) is 5.91 Å². The number of carbonyl (C=O) groups is 1. The van der Waals surface area contributed by atoms with Gasteiger partial charge >= 0.3 is 0 Å². The molecule has 0 unspecified atom stereocenters. The summed E-state index contributed by atoms with van der Waals surface area (Å²) in [6, 6.07) is 24.2. The fourth-order valence-corrected chi connectivity index (χ4v) is 4.29. The predicted octanol–water partition coefficient (Wildman–Crippen LogP) is 6.31. The number of terminal acetylenes is 1. The summed E-state index contributed by atoms with van der Waals surface area (Å²) in [4.78, 5) is 20.8. The Morgan fingerprint density at radius 1 is 0.973 bits per heavy atom. The summed E-state index contributed by atoms with van der Waals surface area (Å²) >= 11 is 0. The van der Waals surface area contributed by atoms with Crippen LogP contribution in [0.25, 0.3) is 17.0 Å². The number of hydrogen-bond donors (Lipinski definition) is 2. The van der Waals surface area contributed by atoms with Gasteiger partial charge in [0.2, 0.25) is 0 Å². The van der Waals surface area contributed by atoms with Gasteiger partial charge in [-0.15, -0.1) is 6.42 Å². The van der Waals surface area contributed by atoms with Gasteiger partial charge in [-0.25, -0.2) is 5.48 Å². The first-order chi connectivity index (χ1) is 18.1. The van der Waals surface area contributed by atoms with Crippen molar-refractivity contribution in [3.63, 3.8) is 0 Å². The Morgan fingerprint density at radius 2 is 1.70 bits per heavy atom. The summed E-state index contributed by atoms with van der Waals surface area (Å²) in [5.41, 5.74) is 9.54. The summed E-state index contributed by atoms with van der Waals surface area (Å²) in [5, 5.41) is 1.34. The molecule has 1 amide bonds. The number of carbonyl (C=O) groups excluding carboxylic acids is 1. The smallest absolute Gasteiger partial charge is 0.267 e. The minimum atomic E-state index is -0.314. The molecule has 0 saturated carbocycles. The van der Waals surface area contributed by atoms with Crippen LogP contribution in [0.2, 0.25) is 0 Å². The number of hydroxylamine groups is 1. The van der Waals surface area contributed by atoms with Gasteiger partial charge in [0.1, 0.15) is 12.4 Å². The molecule has 0 saturated heterocycles. The van der Waals surface area contributed by atoms with E-state index in [1.54, 1.807) is 6.08 Å². The van der Waals surface area contributed by atoms with Crippen LogP contribution >= 0.6 is 0 Å². The van der Waals surface area contributed by atoms with E-state index in [4.69, 9.17) is 16.0 Å². The molecule has 0 atom stereocenters. The quantitative estimate of drug-likeness (QED) is 0.105. The molecule has 1 aromatic heterocycles. The molecule has 0 fully saturated rings. The highest BCUT2D eigenvalue weighted by Crippen LogP contribution is 2.24. The largest absolute Gasteiger partial charge is 0.481 e. The number of ether oxygens (including phenoxy) is 1. The molecule has 4 aromatic rings. The minimum absolute atomic E-state index is 0.229. The average Bonchev–Trinajstić information content (AvgIpc) is 3.25. The highest BCUT2D eigenvalue weighted by atomic mass is 16.6. The number of aryl methyl sites for hydroxylation is 3. The van der Waals surface area contributed by atoms with Crippen LogP contribution in [0.4, 0.5) is 0 Å². The summed E-state index contributed by atoms with van der Waals surface area (Å²) in [6.07, 6.45) is 12.8. The van der Waals surface area contributed by atoms with Gasteiger partial charge < -0.3 is 9.72 Å². The average molecular weight is 493 g/mol. The van der Waals surface area contributed by atoms with Crippen molar-refractivity contribution >= 4 is 22.9 Å². The third-order valence-corrected chi connectivity index (χ3v) is 6.23. The number of hydrogen-bond acceptors (Lipinski definition) is 3. The second-order valence-electron chi connectivity index (χ2n) is 8.95. The van der Waals surface area contributed by atoms with Crippen molar-refractivity contribution in [3.05, 3.63) is 107 Å². The van der Waals surface area contributed by atoms with Crippen LogP contribution in [-0.2, 0) is 29.1 Å². The number of H-pyrrole nitrogens is 1. The van der Waals surface area contributed by atoms with E-state index in [-0.39, 0.29) is 19.1 Å². The molecule has 2 N–H and O–H groups in total. The topological polar surface area (TPSA) is 63.4 Å². The van der Waals surface area contributed by atoms with Crippen molar-refractivity contribution in [2.75, 3.05) is 6.61 Å². The van der Waals surface area contributed by atoms with Crippen LogP contribution in [0.1, 0.15) is 40.8 Å². The lowest BCUT2D eigenvalue weighted by atomic mass is 10.0. The van der Waals surface area contributed by atoms with Crippen molar-refractivity contribution in [1.29, 1.82) is 0 Å². The Bertz CT molecular complexity index is 1380. The molecule has 5 heteroatoms. The van der Waals surface area contributed by atoms with Gasteiger partial charge in [0.15, 0.2) is 0 Å². The third kappa shape index (κ3) is 7.60. The molecule has 0 radical (unpaired) electrons. The molecule has 0 bridgehead atoms. The molecule has 0 spiro atoms. The maximum atomic E-state index is 12.1. The zero-order valence-corrected chi connectivity index (χ0v) is 21.1. The lowest BCUT2D eigenvalue weighted by Crippen LogP contribution is -2.21. The van der Waals surface area contributed by atoms with E-state index in [0.717, 1.165) is 36.8 Å². The summed E-state index contributed by atoms with van der Waals surface area (Å²) in [5.74, 6) is 2.80. The van der Waals surface area contributed by atoms with Gasteiger partial charge in [0.05, 0.1) is 6.61 Å². The van der Waals surface area contributed by atoms with Crippen LogP contribution in [-0.4, -0.2) is 17.5 Å². The van der Waals surface area contributed by atoms with Crippen molar-refractivity contribution < 1.29 is 14.4 Å². The molecule has 5 nitrogen and oxygen atoms in total. The van der Waals surface area contributed by atoms with E-state index in [1.807, 2.05) is 36.4 Å². The van der Waals surface area contributed by atoms with Crippen molar-refractivity contribution in [2.45, 2.75) is 39.2 Å². The number of benzene rings is 3. The molecular formula is C32H32N2O3. The Morgan fingerprint density at radius 3 is 2.49 bits per heavy atom. The van der Waals surface area contributed by atoms with E-state index >= 15 is 0 Å². The van der Waals surface area contributed by atoms with Crippen LogP contribution in [0.15, 0.2) is 78.9 Å². The van der Waals surface area contributed by atoms with E-state index in [9.17, 15) is 4.79 Å². The van der Waals surface area contributed by atoms with Gasteiger partial charge in [-0.05, 0) is 79.1 Å². The highest BCUT2D eigenvalue weighted by molar-refractivity contribution is 5.91. The maximum Gasteiger partial charge on any atom is 0.267 e. The zero-order valence-electron chi connectivity index (χ0n) is 21.1. The van der Waals surface area contributed by atoms with E-state index in [2.05, 4.69) is 59.7 Å². The number of amides is 1. The molecule has 3 aromatic carbocycles. The van der Waals surface area contributed by atoms with Gasteiger partial charge in [-0.2, -0.15) is 0 Å². The number of aromatic amines is 1. The molecular weight excluding hydrogens is 460 g/mol. The molecule has 1 heterocycles. The monoisotopic (exact) mass is 492 g/mol. The molecule has 0 aliphatic rings. The fraction of sp³-hybridized carbons (Fsp3) is 0.219. The second-order valence-corrected chi connectivity index (χ2v) is 8.95. The number of nitrogens with one attached hydrogen (secondary N) is 2. The maximum absolute atomic E-state index is 12.1. The number of aromatic nitrogens is 1. The predicted molar refractivity (Wildman–Crippen MR) is 149 cm³/mol. The Hall–Kier alpha value is -4.27. The number of para-hydroxylation sites is 1. The first kappa shape index (κ1) is 25.8. The normalized spacial score (nSPS) is 11.0. The van der Waals surface area contributed by atoms with Crippen molar-refractivity contribution in [1.82, 2.24) is 10.5 Å². The SMILES string of the molecule is C#CCOc1ccc(CONC(=O)/C=C/c2ccc(CCCCc3c(C)[nH]c4ccccc34)cc2)cc1. The highest BCUT2D eigenvalue weighted by Gasteiger charge is 2.07. The molecule has 188 valence electrons. The van der Waals surface area contributed by atoms with E-state index in [0.29, 0.717) is 5.75 Å². The molecule has 37 heavy (non-hydrogen) atoms. The number of rotatable bonds is 12. The molecule has 4 rings (SSSR count). The third-order valence-electron chi connectivity index (χ3n) is 6.23. The Kier molecular flexibility index (Phi) is 9.18. The molecule has 0 aliphatic heterocycles. The van der Waals surface area contributed by atoms with Gasteiger partial charge in [-0.1, -0.05) is 60.5 Å². The Labute approximate surface area is 218 Å². The van der Waals surface area contributed by atoms with E-state index in [1.165, 1.54) is 33.8 Å². The number of fused-ring (bicyclic) bond motifs is 1.